The molecule has 0 aromatic carbocycles. The van der Waals surface area contributed by atoms with Crippen molar-refractivity contribution >= 4 is 0 Å². The van der Waals surface area contributed by atoms with Crippen molar-refractivity contribution in [2.45, 2.75) is 48.5 Å². The van der Waals surface area contributed by atoms with Gasteiger partial charge in [0, 0.05) is 0 Å². The van der Waals surface area contributed by atoms with E-state index in [1.165, 1.54) is 0 Å². The van der Waals surface area contributed by atoms with Gasteiger partial charge in [0.25, 0.3) is 0 Å². The maximum atomic E-state index is 3.25. The molecule has 0 aromatic heterocycles. The van der Waals surface area contributed by atoms with Gasteiger partial charge in [-0.15, -0.1) is 0 Å². The molecule has 0 unspecified atom stereocenters. The molecule has 0 radical (unpaired) electrons. The van der Waals surface area contributed by atoms with Crippen LogP contribution in [-0.2, 0) is 21.7 Å². The second-order valence-electron chi connectivity index (χ2n) is 1.73. The molecule has 0 aliphatic heterocycles. The molecule has 0 rings (SSSR count). The summed E-state index contributed by atoms with van der Waals surface area (Å²) < 4.78 is 0. The predicted molar refractivity (Wildman–Crippen MR) is 58.0 cm³/mol. The van der Waals surface area contributed by atoms with Gasteiger partial charge in [0.15, 0.2) is 0 Å². The third-order valence-corrected chi connectivity index (χ3v) is 0. The molecule has 74 valence electrons. The van der Waals surface area contributed by atoms with E-state index in [1.54, 1.807) is 6.92 Å². The van der Waals surface area contributed by atoms with E-state index >= 15 is 0 Å². The van der Waals surface area contributed by atoms with Gasteiger partial charge in [-0.1, -0.05) is 0 Å². The summed E-state index contributed by atoms with van der Waals surface area (Å²) in [5.74, 6) is 0. The van der Waals surface area contributed by atoms with Crippen LogP contribution in [0.5, 0.6) is 0 Å². The average molecular weight is 206 g/mol. The molecule has 0 aliphatic carbocycles. The summed E-state index contributed by atoms with van der Waals surface area (Å²) in [6, 6.07) is 0. The van der Waals surface area contributed by atoms with Crippen LogP contribution in [0.25, 0.3) is 0 Å². The van der Waals surface area contributed by atoms with E-state index in [1.807, 2.05) is 60.8 Å². The Labute approximate surface area is 96.4 Å². The minimum absolute atomic E-state index is 0. The maximum absolute atomic E-state index is 3.25. The fourth-order valence-electron chi connectivity index (χ4n) is 0. The molecule has 12 heavy (non-hydrogen) atoms. The van der Waals surface area contributed by atoms with Gasteiger partial charge in [0.05, 0.1) is 0 Å². The second kappa shape index (κ2) is 97.5. The maximum Gasteiger partial charge on any atom is 4.00 e. The first-order valence-electron chi connectivity index (χ1n) is 4.17. The van der Waals surface area contributed by atoms with E-state index in [9.17, 15) is 0 Å². The van der Waals surface area contributed by atoms with Crippen molar-refractivity contribution in [1.29, 1.82) is 0 Å². The van der Waals surface area contributed by atoms with Crippen LogP contribution in [-0.4, -0.2) is 0 Å². The van der Waals surface area contributed by atoms with E-state index in [0.29, 0.717) is 0 Å². The van der Waals surface area contributed by atoms with Crippen molar-refractivity contribution < 1.29 is 21.7 Å². The minimum atomic E-state index is 0. The van der Waals surface area contributed by atoms with E-state index in [0.717, 1.165) is 0 Å². The predicted octanol–water partition coefficient (Wildman–Crippen LogP) is 4.53. The van der Waals surface area contributed by atoms with Crippen LogP contribution < -0.4 is 0 Å². The standard InChI is InChI=1S/3C3H7.C2H5.Ti/c3*1-3-2;1-2;/h3*3H,1-2H3;1H2,2H3;/q4*-1;+4. The van der Waals surface area contributed by atoms with Crippen molar-refractivity contribution in [3.63, 3.8) is 0 Å². The fourth-order valence-corrected chi connectivity index (χ4v) is 0. The van der Waals surface area contributed by atoms with Gasteiger partial charge < -0.3 is 26.2 Å². The van der Waals surface area contributed by atoms with Gasteiger partial charge in [-0.2, -0.15) is 48.5 Å². The largest absolute Gasteiger partial charge is 4.00 e. The topological polar surface area (TPSA) is 0 Å². The Morgan fingerprint density at radius 2 is 0.583 bits per heavy atom. The van der Waals surface area contributed by atoms with Crippen LogP contribution in [0.3, 0.4) is 0 Å². The molecule has 0 nitrogen and oxygen atoms in total. The van der Waals surface area contributed by atoms with E-state index in [-0.39, 0.29) is 21.7 Å². The zero-order valence-electron chi connectivity index (χ0n) is 9.94. The molecular formula is C11H26Ti. The van der Waals surface area contributed by atoms with E-state index < -0.39 is 0 Å². The molecule has 0 fully saturated rings. The molecule has 0 saturated heterocycles. The van der Waals surface area contributed by atoms with Crippen LogP contribution in [0.2, 0.25) is 0 Å². The molecule has 0 amide bonds. The van der Waals surface area contributed by atoms with E-state index in [2.05, 4.69) is 6.92 Å². The Morgan fingerprint density at radius 3 is 0.583 bits per heavy atom. The van der Waals surface area contributed by atoms with Gasteiger partial charge in [-0.25, -0.2) is 0 Å². The molecule has 0 aliphatic rings. The first-order chi connectivity index (χ1) is 5.24. The Bertz CT molecular complexity index is 9.72. The third kappa shape index (κ3) is 1980. The molecule has 0 spiro atoms. The van der Waals surface area contributed by atoms with Gasteiger partial charge in [-0.3, -0.25) is 0 Å². The quantitative estimate of drug-likeness (QED) is 0.403. The van der Waals surface area contributed by atoms with Crippen LogP contribution in [0.1, 0.15) is 48.5 Å². The number of hydrogen-bond donors (Lipinski definition) is 0. The van der Waals surface area contributed by atoms with E-state index in [4.69, 9.17) is 0 Å². The molecule has 0 N–H and O–H groups in total. The van der Waals surface area contributed by atoms with Gasteiger partial charge in [0.1, 0.15) is 0 Å². The fraction of sp³-hybridized carbons (Fsp3) is 0.636. The average Bonchev–Trinajstić information content (AvgIpc) is 1.96. The van der Waals surface area contributed by atoms with Gasteiger partial charge in [-0.05, 0) is 0 Å². The van der Waals surface area contributed by atoms with Crippen molar-refractivity contribution in [2.75, 3.05) is 0 Å². The molecular weight excluding hydrogens is 180 g/mol. The van der Waals surface area contributed by atoms with Crippen LogP contribution in [0, 0.1) is 26.2 Å². The Kier molecular flexibility index (Phi) is 238. The summed E-state index contributed by atoms with van der Waals surface area (Å²) in [6.45, 7) is 17.0. The monoisotopic (exact) mass is 206 g/mol. The van der Waals surface area contributed by atoms with Crippen molar-refractivity contribution in [2.24, 2.45) is 0 Å². The number of rotatable bonds is 0. The molecule has 0 aromatic rings. The van der Waals surface area contributed by atoms with Crippen LogP contribution in [0.4, 0.5) is 0 Å². The van der Waals surface area contributed by atoms with Crippen molar-refractivity contribution in [3.05, 3.63) is 26.2 Å². The van der Waals surface area contributed by atoms with Gasteiger partial charge >= 0.3 is 21.7 Å². The molecule has 0 atom stereocenters. The summed E-state index contributed by atoms with van der Waals surface area (Å²) in [4.78, 5) is 0. The molecule has 0 saturated carbocycles. The summed E-state index contributed by atoms with van der Waals surface area (Å²) in [5, 5.41) is 0. The van der Waals surface area contributed by atoms with Gasteiger partial charge in [0.2, 0.25) is 0 Å². The SMILES string of the molecule is C[CH-]C.C[CH-]C.C[CH-]C.[CH2-]C.[Ti+4]. The smallest absolute Gasteiger partial charge is 0.346 e. The second-order valence-corrected chi connectivity index (χ2v) is 1.73. The minimum Gasteiger partial charge on any atom is -0.346 e. The zero-order valence-corrected chi connectivity index (χ0v) is 11.5. The van der Waals surface area contributed by atoms with Crippen molar-refractivity contribution in [1.82, 2.24) is 0 Å². The first kappa shape index (κ1) is 29.3. The Hall–Kier alpha value is 0.714. The van der Waals surface area contributed by atoms with Crippen LogP contribution in [0.15, 0.2) is 0 Å². The molecule has 0 bridgehead atoms. The third-order valence-electron chi connectivity index (χ3n) is 0. The number of hydrogen-bond acceptors (Lipinski definition) is 0. The summed E-state index contributed by atoms with van der Waals surface area (Å²) in [6.07, 6.45) is 6.00. The zero-order chi connectivity index (χ0) is 10.1. The normalized spacial score (nSPS) is 5.00. The summed E-state index contributed by atoms with van der Waals surface area (Å²) in [7, 11) is 0. The summed E-state index contributed by atoms with van der Waals surface area (Å²) >= 11 is 0. The Morgan fingerprint density at radius 1 is 0.583 bits per heavy atom. The molecule has 1 heteroatoms. The summed E-state index contributed by atoms with van der Waals surface area (Å²) in [5.41, 5.74) is 0. The van der Waals surface area contributed by atoms with Crippen LogP contribution >= 0.6 is 0 Å². The first-order valence-corrected chi connectivity index (χ1v) is 4.17. The Balaban J connectivity index is -0.0000000179. The van der Waals surface area contributed by atoms with Crippen molar-refractivity contribution in [3.8, 4) is 0 Å². The molecule has 0 heterocycles.